The Bertz CT molecular complexity index is 1190. The van der Waals surface area contributed by atoms with E-state index in [2.05, 4.69) is 36.1 Å². The molecule has 0 bridgehead atoms. The molecule has 0 radical (unpaired) electrons. The fraction of sp³-hybridized carbons (Fsp3) is 0.387. The molecule has 5 nitrogen and oxygen atoms in total. The monoisotopic (exact) mass is 487 g/mol. The summed E-state index contributed by atoms with van der Waals surface area (Å²) in [5.74, 6) is -0.919. The highest BCUT2D eigenvalue weighted by Gasteiger charge is 2.27. The third kappa shape index (κ3) is 6.41. The number of carboxylic acid groups (broad SMARTS) is 1. The average molecular weight is 488 g/mol. The summed E-state index contributed by atoms with van der Waals surface area (Å²) in [6.45, 7) is 7.83. The fourth-order valence-electron chi connectivity index (χ4n) is 5.33. The highest BCUT2D eigenvalue weighted by Crippen LogP contribution is 2.31. The number of β-amino-alcohol motifs (C(OH)–C–C–N with tert-alkyl or cyclic N) is 1. The van der Waals surface area contributed by atoms with Crippen molar-refractivity contribution in [2.24, 2.45) is 0 Å². The smallest absolute Gasteiger partial charge is 0.335 e. The highest BCUT2D eigenvalue weighted by molar-refractivity contribution is 5.90. The van der Waals surface area contributed by atoms with Crippen molar-refractivity contribution in [3.05, 3.63) is 94.5 Å². The molecule has 190 valence electrons. The minimum Gasteiger partial charge on any atom is -0.478 e. The minimum atomic E-state index is -0.919. The van der Waals surface area contributed by atoms with Crippen molar-refractivity contribution in [2.75, 3.05) is 19.7 Å². The molecular weight excluding hydrogens is 450 g/mol. The molecule has 2 N–H and O–H groups in total. The molecule has 3 atom stereocenters. The Labute approximate surface area is 214 Å². The first-order chi connectivity index (χ1) is 17.3. The van der Waals surface area contributed by atoms with Crippen LogP contribution in [0.4, 0.5) is 0 Å². The molecule has 1 aliphatic rings. The first-order valence-electron chi connectivity index (χ1n) is 12.8. The number of hydrogen-bond acceptors (Lipinski definition) is 4. The van der Waals surface area contributed by atoms with E-state index in [1.165, 1.54) is 11.1 Å². The first kappa shape index (κ1) is 26.1. The third-order valence-corrected chi connectivity index (χ3v) is 7.20. The summed E-state index contributed by atoms with van der Waals surface area (Å²) >= 11 is 0. The summed E-state index contributed by atoms with van der Waals surface area (Å²) in [6, 6.07) is 22.6. The molecule has 0 unspecified atom stereocenters. The Balaban J connectivity index is 1.37. The van der Waals surface area contributed by atoms with Gasteiger partial charge in [-0.15, -0.1) is 0 Å². The van der Waals surface area contributed by atoms with Crippen molar-refractivity contribution in [1.82, 2.24) is 4.90 Å². The molecule has 0 spiro atoms. The summed E-state index contributed by atoms with van der Waals surface area (Å²) in [7, 11) is 0. The van der Waals surface area contributed by atoms with Crippen LogP contribution >= 0.6 is 0 Å². The molecule has 0 saturated carbocycles. The number of carboxylic acids is 1. The van der Waals surface area contributed by atoms with E-state index in [0.717, 1.165) is 48.1 Å². The van der Waals surface area contributed by atoms with Crippen LogP contribution < -0.4 is 0 Å². The van der Waals surface area contributed by atoms with Crippen molar-refractivity contribution < 1.29 is 19.7 Å². The van der Waals surface area contributed by atoms with Crippen LogP contribution in [0.1, 0.15) is 58.5 Å². The van der Waals surface area contributed by atoms with E-state index in [0.29, 0.717) is 18.2 Å². The lowest BCUT2D eigenvalue weighted by atomic mass is 9.94. The van der Waals surface area contributed by atoms with Gasteiger partial charge in [0.15, 0.2) is 0 Å². The van der Waals surface area contributed by atoms with Crippen LogP contribution in [0.5, 0.6) is 0 Å². The molecule has 0 aromatic heterocycles. The maximum atomic E-state index is 11.4. The second-order valence-electron chi connectivity index (χ2n) is 10.0. The molecule has 1 saturated heterocycles. The second kappa shape index (κ2) is 11.8. The number of nitrogens with zero attached hydrogens (tertiary/aromatic N) is 1. The number of benzene rings is 3. The highest BCUT2D eigenvalue weighted by atomic mass is 16.5. The number of ether oxygens (including phenoxy) is 1. The summed E-state index contributed by atoms with van der Waals surface area (Å²) in [4.78, 5) is 13.8. The number of carbonyl (C=O) groups is 1. The van der Waals surface area contributed by atoms with Crippen molar-refractivity contribution >= 4 is 5.97 Å². The van der Waals surface area contributed by atoms with Gasteiger partial charge in [-0.1, -0.05) is 66.2 Å². The Morgan fingerprint density at radius 2 is 1.89 bits per heavy atom. The van der Waals surface area contributed by atoms with Crippen molar-refractivity contribution in [2.45, 2.75) is 58.3 Å². The molecule has 3 aromatic rings. The number of hydrogen-bond donors (Lipinski definition) is 2. The predicted molar refractivity (Wildman–Crippen MR) is 143 cm³/mol. The van der Waals surface area contributed by atoms with Crippen LogP contribution in [-0.2, 0) is 11.2 Å². The Hall–Kier alpha value is -2.99. The van der Waals surface area contributed by atoms with Gasteiger partial charge in [-0.25, -0.2) is 4.79 Å². The Kier molecular flexibility index (Phi) is 8.57. The SMILES string of the molecule is Cc1cccc(C[C@@H]2CCCN2C[C@@H](O)CO[C@H](C)c2ccccc2-c2ccc(C(=O)O)c(C)c2)c1. The van der Waals surface area contributed by atoms with Gasteiger partial charge >= 0.3 is 5.97 Å². The molecule has 0 aliphatic carbocycles. The molecular formula is C31H37NO4. The number of aryl methyl sites for hydroxylation is 2. The summed E-state index contributed by atoms with van der Waals surface area (Å²) in [5.41, 5.74) is 6.67. The molecule has 1 fully saturated rings. The summed E-state index contributed by atoms with van der Waals surface area (Å²) in [5, 5.41) is 20.2. The van der Waals surface area contributed by atoms with Crippen molar-refractivity contribution in [1.29, 1.82) is 0 Å². The third-order valence-electron chi connectivity index (χ3n) is 7.20. The van der Waals surface area contributed by atoms with E-state index in [-0.39, 0.29) is 12.7 Å². The van der Waals surface area contributed by atoms with Gasteiger partial charge in [-0.05, 0) is 80.5 Å². The van der Waals surface area contributed by atoms with Gasteiger partial charge < -0.3 is 14.9 Å². The van der Waals surface area contributed by atoms with Crippen LogP contribution in [-0.4, -0.2) is 52.9 Å². The second-order valence-corrected chi connectivity index (χ2v) is 10.0. The summed E-state index contributed by atoms with van der Waals surface area (Å²) < 4.78 is 6.15. The largest absolute Gasteiger partial charge is 0.478 e. The Morgan fingerprint density at radius 1 is 1.08 bits per heavy atom. The molecule has 1 aliphatic heterocycles. The van der Waals surface area contributed by atoms with E-state index in [1.807, 2.05) is 50.2 Å². The van der Waals surface area contributed by atoms with Crippen LogP contribution in [0.3, 0.4) is 0 Å². The normalized spacial score (nSPS) is 17.7. The fourth-order valence-corrected chi connectivity index (χ4v) is 5.33. The van der Waals surface area contributed by atoms with Crippen LogP contribution in [0, 0.1) is 13.8 Å². The van der Waals surface area contributed by atoms with Crippen molar-refractivity contribution in [3.63, 3.8) is 0 Å². The topological polar surface area (TPSA) is 70.0 Å². The number of aliphatic hydroxyl groups excluding tert-OH is 1. The van der Waals surface area contributed by atoms with Gasteiger partial charge in [-0.3, -0.25) is 4.90 Å². The zero-order valence-electron chi connectivity index (χ0n) is 21.5. The van der Waals surface area contributed by atoms with E-state index < -0.39 is 12.1 Å². The lowest BCUT2D eigenvalue weighted by Crippen LogP contribution is -2.39. The predicted octanol–water partition coefficient (Wildman–Crippen LogP) is 5.81. The van der Waals surface area contributed by atoms with E-state index in [4.69, 9.17) is 4.74 Å². The molecule has 4 rings (SSSR count). The minimum absolute atomic E-state index is 0.211. The lowest BCUT2D eigenvalue weighted by molar-refractivity contribution is -0.0169. The zero-order chi connectivity index (χ0) is 25.7. The van der Waals surface area contributed by atoms with E-state index >= 15 is 0 Å². The zero-order valence-corrected chi connectivity index (χ0v) is 21.5. The summed E-state index contributed by atoms with van der Waals surface area (Å²) in [6.07, 6.45) is 2.56. The van der Waals surface area contributed by atoms with E-state index in [9.17, 15) is 15.0 Å². The van der Waals surface area contributed by atoms with Crippen LogP contribution in [0.25, 0.3) is 11.1 Å². The van der Waals surface area contributed by atoms with E-state index in [1.54, 1.807) is 6.07 Å². The molecule has 0 amide bonds. The maximum absolute atomic E-state index is 11.4. The van der Waals surface area contributed by atoms with Gasteiger partial charge in [0.25, 0.3) is 0 Å². The first-order valence-corrected chi connectivity index (χ1v) is 12.8. The average Bonchev–Trinajstić information content (AvgIpc) is 3.28. The molecule has 5 heteroatoms. The van der Waals surface area contributed by atoms with Gasteiger partial charge in [-0.2, -0.15) is 0 Å². The van der Waals surface area contributed by atoms with Gasteiger partial charge in [0.1, 0.15) is 0 Å². The lowest BCUT2D eigenvalue weighted by Gasteiger charge is -2.28. The van der Waals surface area contributed by atoms with Gasteiger partial charge in [0, 0.05) is 12.6 Å². The number of aromatic carboxylic acids is 1. The number of likely N-dealkylation sites (tertiary alicyclic amines) is 1. The van der Waals surface area contributed by atoms with Gasteiger partial charge in [0.2, 0.25) is 0 Å². The van der Waals surface area contributed by atoms with Crippen molar-refractivity contribution in [3.8, 4) is 11.1 Å². The standard InChI is InChI=1S/C31H37NO4/c1-21-8-6-9-24(16-21)18-26-10-7-15-32(26)19-27(33)20-36-23(3)29-11-4-5-12-30(29)25-13-14-28(31(34)35)22(2)17-25/h4-6,8-9,11-14,16-17,23,26-27,33H,7,10,15,18-20H2,1-3H3,(H,34,35)/t23-,26+,27-/m1/s1. The maximum Gasteiger partial charge on any atom is 0.335 e. The molecule has 36 heavy (non-hydrogen) atoms. The number of aliphatic hydroxyl groups is 1. The van der Waals surface area contributed by atoms with Gasteiger partial charge in [0.05, 0.1) is 24.4 Å². The van der Waals surface area contributed by atoms with Crippen LogP contribution in [0.2, 0.25) is 0 Å². The molecule has 1 heterocycles. The van der Waals surface area contributed by atoms with Crippen LogP contribution in [0.15, 0.2) is 66.7 Å². The number of rotatable bonds is 10. The molecule has 3 aromatic carbocycles. The Morgan fingerprint density at radius 3 is 2.64 bits per heavy atom. The quantitative estimate of drug-likeness (QED) is 0.377.